The van der Waals surface area contributed by atoms with Crippen LogP contribution in [0.2, 0.25) is 0 Å². The number of carboxylic acids is 1. The molecule has 1 amide bonds. The fourth-order valence-electron chi connectivity index (χ4n) is 2.79. The minimum absolute atomic E-state index is 0.0111. The zero-order chi connectivity index (χ0) is 15.6. The van der Waals surface area contributed by atoms with Gasteiger partial charge in [-0.1, -0.05) is 13.8 Å². The Labute approximate surface area is 126 Å². The maximum Gasteiger partial charge on any atom is 0.310 e. The molecule has 0 aromatic rings. The Morgan fingerprint density at radius 2 is 2.00 bits per heavy atom. The minimum atomic E-state index is -0.990. The van der Waals surface area contributed by atoms with E-state index in [1.165, 1.54) is 0 Å². The monoisotopic (exact) mass is 297 g/mol. The molecule has 0 aromatic carbocycles. The Morgan fingerprint density at radius 3 is 2.43 bits per heavy atom. The van der Waals surface area contributed by atoms with Crippen molar-refractivity contribution >= 4 is 11.9 Å². The molecule has 2 fully saturated rings. The van der Waals surface area contributed by atoms with E-state index in [4.69, 9.17) is 4.74 Å². The van der Waals surface area contributed by atoms with Gasteiger partial charge >= 0.3 is 5.97 Å². The topological polar surface area (TPSA) is 66.8 Å². The summed E-state index contributed by atoms with van der Waals surface area (Å²) in [6, 6.07) is 0.323. The van der Waals surface area contributed by atoms with E-state index in [2.05, 4.69) is 0 Å². The fourth-order valence-corrected chi connectivity index (χ4v) is 2.79. The Bertz CT molecular complexity index is 399. The van der Waals surface area contributed by atoms with E-state index in [1.807, 2.05) is 18.7 Å². The van der Waals surface area contributed by atoms with E-state index in [0.717, 1.165) is 39.0 Å². The zero-order valence-electron chi connectivity index (χ0n) is 13.3. The number of amides is 1. The molecule has 1 saturated heterocycles. The van der Waals surface area contributed by atoms with Gasteiger partial charge in [0.2, 0.25) is 5.91 Å². The second-order valence-corrected chi connectivity index (χ2v) is 7.06. The van der Waals surface area contributed by atoms with Gasteiger partial charge in [0.15, 0.2) is 0 Å². The van der Waals surface area contributed by atoms with Gasteiger partial charge in [-0.25, -0.2) is 0 Å². The highest BCUT2D eigenvalue weighted by atomic mass is 16.5. The largest absolute Gasteiger partial charge is 0.481 e. The van der Waals surface area contributed by atoms with Crippen LogP contribution in [-0.2, 0) is 14.3 Å². The summed E-state index contributed by atoms with van der Waals surface area (Å²) >= 11 is 0. The molecule has 2 aliphatic rings. The summed E-state index contributed by atoms with van der Waals surface area (Å²) in [5.74, 6) is -0.562. The molecule has 1 N–H and O–H groups in total. The molecular formula is C16H27NO4. The number of carboxylic acid groups (broad SMARTS) is 1. The zero-order valence-corrected chi connectivity index (χ0v) is 13.3. The first-order chi connectivity index (χ1) is 9.84. The van der Waals surface area contributed by atoms with Gasteiger partial charge in [-0.3, -0.25) is 9.59 Å². The van der Waals surface area contributed by atoms with Crippen LogP contribution in [-0.4, -0.2) is 47.7 Å². The van der Waals surface area contributed by atoms with Gasteiger partial charge in [-0.05, 0) is 32.1 Å². The lowest BCUT2D eigenvalue weighted by Crippen LogP contribution is -2.43. The van der Waals surface area contributed by atoms with Crippen molar-refractivity contribution in [2.24, 2.45) is 17.3 Å². The lowest BCUT2D eigenvalue weighted by atomic mass is 9.76. The molecule has 1 aliphatic heterocycles. The fraction of sp³-hybridized carbons (Fsp3) is 0.875. The maximum absolute atomic E-state index is 12.7. The Balaban J connectivity index is 2.02. The highest BCUT2D eigenvalue weighted by Crippen LogP contribution is 2.35. The van der Waals surface area contributed by atoms with Gasteiger partial charge < -0.3 is 14.7 Å². The van der Waals surface area contributed by atoms with Crippen molar-refractivity contribution < 1.29 is 19.4 Å². The number of rotatable bonds is 7. The SMILES string of the molecule is CC(C)C(C)(CC(=O)N(CC1CCOC1)C1CC1)C(=O)O. The first-order valence-electron chi connectivity index (χ1n) is 7.95. The summed E-state index contributed by atoms with van der Waals surface area (Å²) < 4.78 is 5.38. The van der Waals surface area contributed by atoms with Gasteiger partial charge in [-0.15, -0.1) is 0 Å². The van der Waals surface area contributed by atoms with Crippen LogP contribution in [0.5, 0.6) is 0 Å². The first kappa shape index (κ1) is 16.3. The second kappa shape index (κ2) is 6.34. The summed E-state index contributed by atoms with van der Waals surface area (Å²) in [6.45, 7) is 7.63. The van der Waals surface area contributed by atoms with Crippen molar-refractivity contribution in [3.05, 3.63) is 0 Å². The minimum Gasteiger partial charge on any atom is -0.481 e. The highest BCUT2D eigenvalue weighted by molar-refractivity contribution is 5.85. The molecule has 1 aliphatic carbocycles. The molecule has 5 nitrogen and oxygen atoms in total. The van der Waals surface area contributed by atoms with Crippen molar-refractivity contribution in [3.63, 3.8) is 0 Å². The summed E-state index contributed by atoms with van der Waals surface area (Å²) in [5.41, 5.74) is -0.990. The average molecular weight is 297 g/mol. The molecule has 2 unspecified atom stereocenters. The normalized spacial score (nSPS) is 24.9. The van der Waals surface area contributed by atoms with Crippen molar-refractivity contribution in [3.8, 4) is 0 Å². The molecule has 21 heavy (non-hydrogen) atoms. The predicted molar refractivity (Wildman–Crippen MR) is 78.9 cm³/mol. The van der Waals surface area contributed by atoms with E-state index < -0.39 is 11.4 Å². The molecule has 120 valence electrons. The molecular weight excluding hydrogens is 270 g/mol. The summed E-state index contributed by atoms with van der Waals surface area (Å²) in [7, 11) is 0. The Morgan fingerprint density at radius 1 is 1.33 bits per heavy atom. The van der Waals surface area contributed by atoms with E-state index in [1.54, 1.807) is 6.92 Å². The van der Waals surface area contributed by atoms with Crippen LogP contribution >= 0.6 is 0 Å². The molecule has 2 atom stereocenters. The molecule has 0 aromatic heterocycles. The molecule has 1 saturated carbocycles. The van der Waals surface area contributed by atoms with Gasteiger partial charge in [0.05, 0.1) is 12.0 Å². The number of carbonyl (C=O) groups is 2. The predicted octanol–water partition coefficient (Wildman–Crippen LogP) is 2.15. The van der Waals surface area contributed by atoms with Crippen LogP contribution in [0.15, 0.2) is 0 Å². The van der Waals surface area contributed by atoms with E-state index in [9.17, 15) is 14.7 Å². The third-order valence-electron chi connectivity index (χ3n) is 5.07. The van der Waals surface area contributed by atoms with Crippen LogP contribution in [0.1, 0.15) is 46.5 Å². The van der Waals surface area contributed by atoms with Crippen molar-refractivity contribution in [1.82, 2.24) is 4.90 Å². The average Bonchev–Trinajstić information content (AvgIpc) is 3.11. The number of aliphatic carboxylic acids is 1. The Kier molecular flexibility index (Phi) is 4.91. The van der Waals surface area contributed by atoms with Crippen molar-refractivity contribution in [2.45, 2.75) is 52.5 Å². The third-order valence-corrected chi connectivity index (χ3v) is 5.07. The van der Waals surface area contributed by atoms with E-state index >= 15 is 0 Å². The van der Waals surface area contributed by atoms with Crippen LogP contribution in [0.3, 0.4) is 0 Å². The van der Waals surface area contributed by atoms with Crippen molar-refractivity contribution in [2.75, 3.05) is 19.8 Å². The number of ether oxygens (including phenoxy) is 1. The van der Waals surface area contributed by atoms with Gasteiger partial charge in [0.1, 0.15) is 0 Å². The van der Waals surface area contributed by atoms with Crippen LogP contribution in [0, 0.1) is 17.3 Å². The maximum atomic E-state index is 12.7. The van der Waals surface area contributed by atoms with Gasteiger partial charge in [0, 0.05) is 31.5 Å². The Hall–Kier alpha value is -1.10. The number of hydrogen-bond acceptors (Lipinski definition) is 3. The van der Waals surface area contributed by atoms with Gasteiger partial charge in [-0.2, -0.15) is 0 Å². The van der Waals surface area contributed by atoms with Crippen LogP contribution in [0.25, 0.3) is 0 Å². The highest BCUT2D eigenvalue weighted by Gasteiger charge is 2.42. The molecule has 5 heteroatoms. The quantitative estimate of drug-likeness (QED) is 0.782. The first-order valence-corrected chi connectivity index (χ1v) is 7.95. The van der Waals surface area contributed by atoms with Crippen LogP contribution < -0.4 is 0 Å². The second-order valence-electron chi connectivity index (χ2n) is 7.06. The molecule has 2 rings (SSSR count). The standard InChI is InChI=1S/C16H27NO4/c1-11(2)16(3,15(19)20)8-14(18)17(13-4-5-13)9-12-6-7-21-10-12/h11-13H,4-10H2,1-3H3,(H,19,20). The third kappa shape index (κ3) is 3.76. The lowest BCUT2D eigenvalue weighted by molar-refractivity contribution is -0.155. The number of carbonyl (C=O) groups excluding carboxylic acids is 1. The summed E-state index contributed by atoms with van der Waals surface area (Å²) in [5, 5.41) is 9.48. The number of hydrogen-bond donors (Lipinski definition) is 1. The summed E-state index contributed by atoms with van der Waals surface area (Å²) in [4.78, 5) is 26.1. The molecule has 1 heterocycles. The summed E-state index contributed by atoms with van der Waals surface area (Å²) in [6.07, 6.45) is 3.18. The lowest BCUT2D eigenvalue weighted by Gasteiger charge is -2.32. The van der Waals surface area contributed by atoms with Crippen LogP contribution in [0.4, 0.5) is 0 Å². The van der Waals surface area contributed by atoms with E-state index in [0.29, 0.717) is 12.0 Å². The molecule has 0 radical (unpaired) electrons. The van der Waals surface area contributed by atoms with Gasteiger partial charge in [0.25, 0.3) is 0 Å². The smallest absolute Gasteiger partial charge is 0.310 e. The number of nitrogens with zero attached hydrogens (tertiary/aromatic N) is 1. The van der Waals surface area contributed by atoms with Crippen molar-refractivity contribution in [1.29, 1.82) is 0 Å². The molecule has 0 bridgehead atoms. The molecule has 0 spiro atoms. The van der Waals surface area contributed by atoms with E-state index in [-0.39, 0.29) is 18.2 Å².